The lowest BCUT2D eigenvalue weighted by Gasteiger charge is -2.13. The van der Waals surface area contributed by atoms with Crippen molar-refractivity contribution in [2.75, 3.05) is 0 Å². The number of benzene rings is 2. The molecular formula is C13H7BrCl2F2. The van der Waals surface area contributed by atoms with Crippen LogP contribution < -0.4 is 0 Å². The van der Waals surface area contributed by atoms with Crippen LogP contribution in [0.2, 0.25) is 5.02 Å². The number of rotatable bonds is 2. The molecule has 2 rings (SSSR count). The van der Waals surface area contributed by atoms with Crippen LogP contribution in [-0.2, 0) is 0 Å². The van der Waals surface area contributed by atoms with Gasteiger partial charge in [0.2, 0.25) is 0 Å². The molecule has 0 aliphatic heterocycles. The zero-order chi connectivity index (χ0) is 13.3. The molecule has 2 aromatic rings. The molecule has 1 unspecified atom stereocenters. The van der Waals surface area contributed by atoms with Gasteiger partial charge in [-0.1, -0.05) is 29.8 Å². The zero-order valence-corrected chi connectivity index (χ0v) is 12.0. The molecule has 1 atom stereocenters. The lowest BCUT2D eigenvalue weighted by Crippen LogP contribution is -2.00. The Morgan fingerprint density at radius 3 is 2.33 bits per heavy atom. The van der Waals surface area contributed by atoms with E-state index >= 15 is 0 Å². The first-order valence-electron chi connectivity index (χ1n) is 5.03. The molecule has 0 aliphatic rings. The fourth-order valence-corrected chi connectivity index (χ4v) is 2.41. The SMILES string of the molecule is Fc1ccccc1C(Cl)c1cc(Cl)c(Br)cc1F. The van der Waals surface area contributed by atoms with Crippen LogP contribution >= 0.6 is 39.1 Å². The van der Waals surface area contributed by atoms with Crippen LogP contribution in [0.15, 0.2) is 40.9 Å². The summed E-state index contributed by atoms with van der Waals surface area (Å²) >= 11 is 15.1. The molecule has 0 saturated heterocycles. The van der Waals surface area contributed by atoms with Gasteiger partial charge in [0, 0.05) is 15.6 Å². The van der Waals surface area contributed by atoms with E-state index in [1.165, 1.54) is 24.3 Å². The highest BCUT2D eigenvalue weighted by Gasteiger charge is 2.19. The van der Waals surface area contributed by atoms with E-state index in [9.17, 15) is 8.78 Å². The second kappa shape index (κ2) is 5.55. The van der Waals surface area contributed by atoms with Gasteiger partial charge in [0.1, 0.15) is 11.6 Å². The molecule has 0 bridgehead atoms. The lowest BCUT2D eigenvalue weighted by molar-refractivity contribution is 0.596. The first kappa shape index (κ1) is 13.8. The van der Waals surface area contributed by atoms with Crippen molar-refractivity contribution in [3.05, 3.63) is 68.7 Å². The second-order valence-electron chi connectivity index (χ2n) is 3.67. The Labute approximate surface area is 122 Å². The van der Waals surface area contributed by atoms with Gasteiger partial charge >= 0.3 is 0 Å². The Bertz CT molecular complexity index is 587. The van der Waals surface area contributed by atoms with Crippen molar-refractivity contribution < 1.29 is 8.78 Å². The van der Waals surface area contributed by atoms with Gasteiger partial charge in [-0.3, -0.25) is 0 Å². The quantitative estimate of drug-likeness (QED) is 0.480. The van der Waals surface area contributed by atoms with Gasteiger partial charge in [-0.05, 0) is 34.1 Å². The maximum absolute atomic E-state index is 13.8. The minimum Gasteiger partial charge on any atom is -0.207 e. The van der Waals surface area contributed by atoms with Crippen LogP contribution in [0.5, 0.6) is 0 Å². The van der Waals surface area contributed by atoms with Crippen molar-refractivity contribution in [2.45, 2.75) is 5.38 Å². The summed E-state index contributed by atoms with van der Waals surface area (Å²) in [5.41, 5.74) is 0.367. The molecule has 0 aromatic heterocycles. The van der Waals surface area contributed by atoms with Gasteiger partial charge in [0.25, 0.3) is 0 Å². The molecule has 0 aliphatic carbocycles. The van der Waals surface area contributed by atoms with Crippen molar-refractivity contribution in [1.29, 1.82) is 0 Å². The highest BCUT2D eigenvalue weighted by molar-refractivity contribution is 9.10. The molecule has 0 N–H and O–H groups in total. The van der Waals surface area contributed by atoms with Crippen molar-refractivity contribution >= 4 is 39.1 Å². The van der Waals surface area contributed by atoms with Crippen LogP contribution in [0.3, 0.4) is 0 Å². The van der Waals surface area contributed by atoms with Crippen LogP contribution in [0.1, 0.15) is 16.5 Å². The van der Waals surface area contributed by atoms with E-state index < -0.39 is 17.0 Å². The Balaban J connectivity index is 2.50. The van der Waals surface area contributed by atoms with Gasteiger partial charge < -0.3 is 0 Å². The highest BCUT2D eigenvalue weighted by Crippen LogP contribution is 2.36. The molecule has 0 nitrogen and oxygen atoms in total. The molecule has 0 amide bonds. The Hall–Kier alpha value is -0.640. The fraction of sp³-hybridized carbons (Fsp3) is 0.0769. The smallest absolute Gasteiger partial charge is 0.129 e. The molecular weight excluding hydrogens is 345 g/mol. The Kier molecular flexibility index (Phi) is 4.25. The van der Waals surface area contributed by atoms with E-state index in [0.29, 0.717) is 9.50 Å². The summed E-state index contributed by atoms with van der Waals surface area (Å²) in [5, 5.41) is -0.592. The predicted molar refractivity (Wildman–Crippen MR) is 73.2 cm³/mol. The number of hydrogen-bond acceptors (Lipinski definition) is 0. The van der Waals surface area contributed by atoms with E-state index in [4.69, 9.17) is 23.2 Å². The van der Waals surface area contributed by atoms with E-state index in [0.717, 1.165) is 0 Å². The predicted octanol–water partition coefficient (Wildman–Crippen LogP) is 5.71. The number of halogens is 5. The van der Waals surface area contributed by atoms with Crippen molar-refractivity contribution in [2.24, 2.45) is 0 Å². The van der Waals surface area contributed by atoms with Gasteiger partial charge in [-0.2, -0.15) is 0 Å². The first-order chi connectivity index (χ1) is 8.50. The maximum atomic E-state index is 13.8. The van der Waals surface area contributed by atoms with Gasteiger partial charge in [-0.25, -0.2) is 8.78 Å². The Morgan fingerprint density at radius 2 is 1.67 bits per heavy atom. The monoisotopic (exact) mass is 350 g/mol. The highest BCUT2D eigenvalue weighted by atomic mass is 79.9. The summed E-state index contributed by atoms with van der Waals surface area (Å²) in [4.78, 5) is 0. The molecule has 0 radical (unpaired) electrons. The second-order valence-corrected chi connectivity index (χ2v) is 5.37. The van der Waals surface area contributed by atoms with Crippen LogP contribution in [0, 0.1) is 11.6 Å². The van der Waals surface area contributed by atoms with Crippen LogP contribution in [-0.4, -0.2) is 0 Å². The normalized spacial score (nSPS) is 12.5. The zero-order valence-electron chi connectivity index (χ0n) is 8.93. The summed E-state index contributed by atoms with van der Waals surface area (Å²) in [6, 6.07) is 8.60. The third-order valence-corrected chi connectivity index (χ3v) is 4.16. The van der Waals surface area contributed by atoms with E-state index in [2.05, 4.69) is 15.9 Å². The maximum Gasteiger partial charge on any atom is 0.129 e. The van der Waals surface area contributed by atoms with Crippen LogP contribution in [0.4, 0.5) is 8.78 Å². The van der Waals surface area contributed by atoms with Crippen LogP contribution in [0.25, 0.3) is 0 Å². The molecule has 94 valence electrons. The molecule has 18 heavy (non-hydrogen) atoms. The average molecular weight is 352 g/mol. The molecule has 0 saturated carbocycles. The Morgan fingerprint density at radius 1 is 1.00 bits per heavy atom. The summed E-state index contributed by atoms with van der Waals surface area (Å²) in [6.07, 6.45) is 0. The largest absolute Gasteiger partial charge is 0.207 e. The molecule has 0 fully saturated rings. The number of alkyl halides is 1. The molecule has 0 heterocycles. The summed E-state index contributed by atoms with van der Waals surface area (Å²) in [6.45, 7) is 0. The third kappa shape index (κ3) is 2.68. The number of hydrogen-bond donors (Lipinski definition) is 0. The van der Waals surface area contributed by atoms with Gasteiger partial charge in [-0.15, -0.1) is 11.6 Å². The average Bonchev–Trinajstić information content (AvgIpc) is 2.33. The first-order valence-corrected chi connectivity index (χ1v) is 6.64. The van der Waals surface area contributed by atoms with Crippen molar-refractivity contribution in [3.63, 3.8) is 0 Å². The standard InChI is InChI=1S/C13H7BrCl2F2/c14-9-6-12(18)8(5-10(9)15)13(16)7-3-1-2-4-11(7)17/h1-6,13H. The molecule has 2 aromatic carbocycles. The van der Waals surface area contributed by atoms with E-state index in [-0.39, 0.29) is 11.1 Å². The minimum absolute atomic E-state index is 0.148. The van der Waals surface area contributed by atoms with E-state index in [1.54, 1.807) is 12.1 Å². The topological polar surface area (TPSA) is 0 Å². The summed E-state index contributed by atoms with van der Waals surface area (Å²) in [5.74, 6) is -1.01. The summed E-state index contributed by atoms with van der Waals surface area (Å²) in [7, 11) is 0. The molecule has 5 heteroatoms. The summed E-state index contributed by atoms with van der Waals surface area (Å²) < 4.78 is 27.8. The van der Waals surface area contributed by atoms with Gasteiger partial charge in [0.15, 0.2) is 0 Å². The van der Waals surface area contributed by atoms with Gasteiger partial charge in [0.05, 0.1) is 10.4 Å². The lowest BCUT2D eigenvalue weighted by atomic mass is 10.0. The molecule has 0 spiro atoms. The minimum atomic E-state index is -0.920. The third-order valence-electron chi connectivity index (χ3n) is 2.49. The van der Waals surface area contributed by atoms with E-state index in [1.807, 2.05) is 0 Å². The van der Waals surface area contributed by atoms with Crippen molar-refractivity contribution in [3.8, 4) is 0 Å². The fourth-order valence-electron chi connectivity index (χ4n) is 1.58. The van der Waals surface area contributed by atoms with Crippen molar-refractivity contribution in [1.82, 2.24) is 0 Å².